The van der Waals surface area contributed by atoms with Crippen molar-refractivity contribution in [3.8, 4) is 0 Å². The van der Waals surface area contributed by atoms with Gasteiger partial charge in [-0.15, -0.1) is 0 Å². The van der Waals surface area contributed by atoms with Gasteiger partial charge in [0.15, 0.2) is 0 Å². The summed E-state index contributed by atoms with van der Waals surface area (Å²) in [6.45, 7) is -0.340. The van der Waals surface area contributed by atoms with Crippen LogP contribution in [0.1, 0.15) is 34.5 Å². The van der Waals surface area contributed by atoms with Crippen LogP contribution in [0.5, 0.6) is 0 Å². The van der Waals surface area contributed by atoms with Crippen molar-refractivity contribution in [2.45, 2.75) is 37.1 Å². The molecule has 1 aromatic carbocycles. The molecule has 1 aliphatic rings. The third-order valence-corrected chi connectivity index (χ3v) is 6.49. The number of amides is 1. The first kappa shape index (κ1) is 22.3. The van der Waals surface area contributed by atoms with E-state index in [-0.39, 0.29) is 23.7 Å². The molecular weight excluding hydrogens is 423 g/mol. The van der Waals surface area contributed by atoms with Crippen molar-refractivity contribution in [2.75, 3.05) is 19.7 Å². The number of hydrogen-bond acceptors (Lipinski definition) is 4. The van der Waals surface area contributed by atoms with Gasteiger partial charge in [0.2, 0.25) is 10.0 Å². The number of nitrogens with one attached hydrogen (secondary N) is 2. The van der Waals surface area contributed by atoms with Gasteiger partial charge in [-0.2, -0.15) is 17.5 Å². The number of ether oxygens (including phenoxy) is 1. The van der Waals surface area contributed by atoms with E-state index in [1.165, 1.54) is 16.6 Å². The van der Waals surface area contributed by atoms with Gasteiger partial charge >= 0.3 is 6.18 Å². The molecule has 0 spiro atoms. The molecule has 30 heavy (non-hydrogen) atoms. The molecule has 3 rings (SSSR count). The van der Waals surface area contributed by atoms with E-state index in [0.717, 1.165) is 18.4 Å². The molecule has 1 amide bonds. The molecule has 1 fully saturated rings. The van der Waals surface area contributed by atoms with Crippen LogP contribution in [0.4, 0.5) is 13.2 Å². The van der Waals surface area contributed by atoms with Crippen molar-refractivity contribution < 1.29 is 31.1 Å². The molecule has 0 unspecified atom stereocenters. The fraction of sp³-hybridized carbons (Fsp3) is 0.421. The Kier molecular flexibility index (Phi) is 6.84. The van der Waals surface area contributed by atoms with Gasteiger partial charge in [-0.3, -0.25) is 4.79 Å². The number of rotatable bonds is 8. The van der Waals surface area contributed by atoms with Gasteiger partial charge in [0.25, 0.3) is 5.91 Å². The predicted molar refractivity (Wildman–Crippen MR) is 102 cm³/mol. The Bertz CT molecular complexity index is 966. The number of carbonyl (C=O) groups excluding carboxylic acids is 1. The Hall–Kier alpha value is -2.37. The molecule has 1 saturated heterocycles. The van der Waals surface area contributed by atoms with Crippen LogP contribution in [0.2, 0.25) is 0 Å². The Balaban J connectivity index is 1.51. The van der Waals surface area contributed by atoms with E-state index >= 15 is 0 Å². The van der Waals surface area contributed by atoms with Gasteiger partial charge in [0.1, 0.15) is 17.2 Å². The Labute approximate surface area is 172 Å². The van der Waals surface area contributed by atoms with E-state index in [1.54, 1.807) is 24.3 Å². The van der Waals surface area contributed by atoms with E-state index in [1.807, 2.05) is 0 Å². The maximum Gasteiger partial charge on any atom is 0.411 e. The van der Waals surface area contributed by atoms with Crippen LogP contribution in [-0.2, 0) is 27.9 Å². The summed E-state index contributed by atoms with van der Waals surface area (Å²) in [7, 11) is -3.60. The van der Waals surface area contributed by atoms with Gasteiger partial charge in [0, 0.05) is 25.8 Å². The molecule has 0 bridgehead atoms. The van der Waals surface area contributed by atoms with Crippen molar-refractivity contribution in [3.63, 3.8) is 0 Å². The van der Waals surface area contributed by atoms with Gasteiger partial charge in [-0.05, 0) is 30.0 Å². The van der Waals surface area contributed by atoms with Crippen molar-refractivity contribution in [3.05, 3.63) is 53.3 Å². The maximum absolute atomic E-state index is 12.5. The highest BCUT2D eigenvalue weighted by atomic mass is 32.2. The van der Waals surface area contributed by atoms with Gasteiger partial charge in [0.05, 0.1) is 6.61 Å². The minimum Gasteiger partial charge on any atom is -0.367 e. The molecule has 7 nitrogen and oxygen atoms in total. The molecule has 2 aromatic rings. The first-order valence-electron chi connectivity index (χ1n) is 9.34. The first-order chi connectivity index (χ1) is 14.1. The zero-order chi connectivity index (χ0) is 21.8. The summed E-state index contributed by atoms with van der Waals surface area (Å²) >= 11 is 0. The third kappa shape index (κ3) is 5.83. The van der Waals surface area contributed by atoms with Crippen LogP contribution in [0.15, 0.2) is 41.4 Å². The fourth-order valence-electron chi connectivity index (χ4n) is 3.05. The van der Waals surface area contributed by atoms with Crippen LogP contribution >= 0.6 is 0 Å². The summed E-state index contributed by atoms with van der Waals surface area (Å²) in [5, 5.41) is 2.67. The van der Waals surface area contributed by atoms with Crippen LogP contribution < -0.4 is 5.32 Å². The lowest BCUT2D eigenvalue weighted by Crippen LogP contribution is -2.27. The van der Waals surface area contributed by atoms with Crippen molar-refractivity contribution in [2.24, 2.45) is 0 Å². The van der Waals surface area contributed by atoms with Gasteiger partial charge in [-0.1, -0.05) is 24.3 Å². The fourth-order valence-corrected chi connectivity index (χ4v) is 4.56. The highest BCUT2D eigenvalue weighted by Gasteiger charge is 2.29. The van der Waals surface area contributed by atoms with E-state index in [0.29, 0.717) is 18.7 Å². The normalized spacial score (nSPS) is 15.4. The quantitative estimate of drug-likeness (QED) is 0.654. The van der Waals surface area contributed by atoms with Crippen LogP contribution in [0.3, 0.4) is 0 Å². The second kappa shape index (κ2) is 9.19. The second-order valence-electron chi connectivity index (χ2n) is 6.97. The molecule has 2 N–H and O–H groups in total. The molecule has 0 aliphatic carbocycles. The lowest BCUT2D eigenvalue weighted by Gasteiger charge is -2.13. The highest BCUT2D eigenvalue weighted by molar-refractivity contribution is 7.89. The monoisotopic (exact) mass is 445 g/mol. The number of hydrogen-bond donors (Lipinski definition) is 2. The SMILES string of the molecule is O=C(NCc1ccc(COCC(F)(F)F)cc1)c1cc(S(=O)(=O)N2CCCC2)c[nH]1. The van der Waals surface area contributed by atoms with Crippen molar-refractivity contribution >= 4 is 15.9 Å². The summed E-state index contributed by atoms with van der Waals surface area (Å²) in [5.74, 6) is -0.463. The van der Waals surface area contributed by atoms with Crippen LogP contribution in [0.25, 0.3) is 0 Å². The number of aromatic amines is 1. The van der Waals surface area contributed by atoms with Crippen molar-refractivity contribution in [1.82, 2.24) is 14.6 Å². The molecule has 2 heterocycles. The number of sulfonamides is 1. The smallest absolute Gasteiger partial charge is 0.367 e. The Morgan fingerprint density at radius 1 is 1.13 bits per heavy atom. The number of aromatic nitrogens is 1. The summed E-state index contributed by atoms with van der Waals surface area (Å²) < 4.78 is 67.3. The van der Waals surface area contributed by atoms with E-state index in [4.69, 9.17) is 0 Å². The average molecular weight is 445 g/mol. The molecule has 0 atom stereocenters. The molecule has 164 valence electrons. The van der Waals surface area contributed by atoms with Gasteiger partial charge in [-0.25, -0.2) is 8.42 Å². The van der Waals surface area contributed by atoms with E-state index in [2.05, 4.69) is 15.0 Å². The van der Waals surface area contributed by atoms with E-state index in [9.17, 15) is 26.4 Å². The Morgan fingerprint density at radius 3 is 2.40 bits per heavy atom. The summed E-state index contributed by atoms with van der Waals surface area (Å²) in [4.78, 5) is 15.0. The third-order valence-electron chi connectivity index (χ3n) is 4.61. The predicted octanol–water partition coefficient (Wildman–Crippen LogP) is 2.81. The number of H-pyrrole nitrogens is 1. The average Bonchev–Trinajstić information content (AvgIpc) is 3.38. The number of benzene rings is 1. The lowest BCUT2D eigenvalue weighted by atomic mass is 10.1. The number of halogens is 3. The number of nitrogens with zero attached hydrogens (tertiary/aromatic N) is 1. The molecule has 1 aromatic heterocycles. The molecule has 1 aliphatic heterocycles. The second-order valence-corrected chi connectivity index (χ2v) is 8.91. The molecule has 0 saturated carbocycles. The topological polar surface area (TPSA) is 91.5 Å². The molecule has 0 radical (unpaired) electrons. The number of carbonyl (C=O) groups is 1. The summed E-state index contributed by atoms with van der Waals surface area (Å²) in [6.07, 6.45) is -1.41. The minimum absolute atomic E-state index is 0.0535. The standard InChI is InChI=1S/C19H22F3N3O4S/c20-19(21,22)13-29-12-15-5-3-14(4-6-15)10-24-18(26)17-9-16(11-23-17)30(27,28)25-7-1-2-8-25/h3-6,9,11,23H,1-2,7-8,10,12-13H2,(H,24,26). The number of alkyl halides is 3. The minimum atomic E-state index is -4.37. The summed E-state index contributed by atoms with van der Waals surface area (Å²) in [5.41, 5.74) is 1.44. The summed E-state index contributed by atoms with van der Waals surface area (Å²) in [6, 6.07) is 7.89. The highest BCUT2D eigenvalue weighted by Crippen LogP contribution is 2.21. The van der Waals surface area contributed by atoms with Gasteiger partial charge < -0.3 is 15.0 Å². The molecular formula is C19H22F3N3O4S. The maximum atomic E-state index is 12.5. The first-order valence-corrected chi connectivity index (χ1v) is 10.8. The lowest BCUT2D eigenvalue weighted by molar-refractivity contribution is -0.176. The zero-order valence-corrected chi connectivity index (χ0v) is 16.9. The van der Waals surface area contributed by atoms with Crippen LogP contribution in [0, 0.1) is 0 Å². The van der Waals surface area contributed by atoms with E-state index < -0.39 is 28.7 Å². The Morgan fingerprint density at radius 2 is 1.77 bits per heavy atom. The van der Waals surface area contributed by atoms with Crippen molar-refractivity contribution in [1.29, 1.82) is 0 Å². The molecule has 11 heteroatoms. The largest absolute Gasteiger partial charge is 0.411 e. The zero-order valence-electron chi connectivity index (χ0n) is 16.0. The van der Waals surface area contributed by atoms with Crippen LogP contribution in [-0.4, -0.2) is 49.5 Å².